The van der Waals surface area contributed by atoms with Crippen LogP contribution in [-0.2, 0) is 9.53 Å². The molecule has 6 heteroatoms. The van der Waals surface area contributed by atoms with Gasteiger partial charge in [-0.3, -0.25) is 4.79 Å². The van der Waals surface area contributed by atoms with Crippen molar-refractivity contribution in [1.29, 1.82) is 0 Å². The number of rotatable bonds is 4. The molecule has 0 spiro atoms. The van der Waals surface area contributed by atoms with Gasteiger partial charge < -0.3 is 19.9 Å². The first kappa shape index (κ1) is 14.0. The van der Waals surface area contributed by atoms with E-state index in [1.165, 1.54) is 0 Å². The molecule has 19 heavy (non-hydrogen) atoms. The van der Waals surface area contributed by atoms with Crippen LogP contribution in [0.15, 0.2) is 4.52 Å². The van der Waals surface area contributed by atoms with E-state index in [0.29, 0.717) is 13.0 Å². The third-order valence-electron chi connectivity index (χ3n) is 3.32. The number of aromatic nitrogens is 1. The molecule has 1 aliphatic rings. The van der Waals surface area contributed by atoms with Crippen LogP contribution in [0.4, 0.5) is 0 Å². The van der Waals surface area contributed by atoms with Gasteiger partial charge in [0.25, 0.3) is 0 Å². The van der Waals surface area contributed by atoms with Crippen LogP contribution in [0.25, 0.3) is 0 Å². The fourth-order valence-electron chi connectivity index (χ4n) is 2.44. The molecule has 106 valence electrons. The minimum Gasteiger partial charge on any atom is -0.375 e. The third kappa shape index (κ3) is 3.54. The van der Waals surface area contributed by atoms with Crippen molar-refractivity contribution < 1.29 is 14.1 Å². The first-order chi connectivity index (χ1) is 9.08. The minimum atomic E-state index is -0.102. The highest BCUT2D eigenvalue weighted by Crippen LogP contribution is 2.21. The molecule has 1 aromatic rings. The Hall–Kier alpha value is -1.40. The first-order valence-electron chi connectivity index (χ1n) is 6.62. The average molecular weight is 267 g/mol. The molecule has 6 nitrogen and oxygen atoms in total. The van der Waals surface area contributed by atoms with Gasteiger partial charge in [0, 0.05) is 18.7 Å². The second kappa shape index (κ2) is 6.16. The standard InChI is InChI=1S/C13H21N3O3/c1-8(13-9(2)16-19-10(13)3)15-12(17)6-11-7-14-4-5-18-11/h8,11,14H,4-7H2,1-3H3,(H,15,17). The van der Waals surface area contributed by atoms with E-state index < -0.39 is 0 Å². The number of amides is 1. The Morgan fingerprint density at radius 2 is 2.37 bits per heavy atom. The summed E-state index contributed by atoms with van der Waals surface area (Å²) >= 11 is 0. The van der Waals surface area contributed by atoms with Crippen molar-refractivity contribution in [2.24, 2.45) is 0 Å². The number of morpholine rings is 1. The molecule has 0 radical (unpaired) electrons. The lowest BCUT2D eigenvalue weighted by Gasteiger charge is -2.24. The lowest BCUT2D eigenvalue weighted by Crippen LogP contribution is -2.41. The van der Waals surface area contributed by atoms with Crippen molar-refractivity contribution in [2.75, 3.05) is 19.7 Å². The molecule has 1 fully saturated rings. The zero-order chi connectivity index (χ0) is 13.8. The Bertz CT molecular complexity index is 419. The quantitative estimate of drug-likeness (QED) is 0.845. The molecule has 0 aliphatic carbocycles. The molecule has 1 aromatic heterocycles. The van der Waals surface area contributed by atoms with E-state index >= 15 is 0 Å². The van der Waals surface area contributed by atoms with Gasteiger partial charge >= 0.3 is 0 Å². The maximum absolute atomic E-state index is 12.0. The summed E-state index contributed by atoms with van der Waals surface area (Å²) in [5, 5.41) is 10.1. The highest BCUT2D eigenvalue weighted by Gasteiger charge is 2.21. The van der Waals surface area contributed by atoms with E-state index in [-0.39, 0.29) is 18.1 Å². The second-order valence-electron chi connectivity index (χ2n) is 4.93. The van der Waals surface area contributed by atoms with Gasteiger partial charge in [-0.2, -0.15) is 0 Å². The van der Waals surface area contributed by atoms with Crippen molar-refractivity contribution in [1.82, 2.24) is 15.8 Å². The van der Waals surface area contributed by atoms with Gasteiger partial charge in [0.05, 0.1) is 30.9 Å². The van der Waals surface area contributed by atoms with Crippen LogP contribution in [-0.4, -0.2) is 36.9 Å². The van der Waals surface area contributed by atoms with Gasteiger partial charge in [-0.1, -0.05) is 5.16 Å². The van der Waals surface area contributed by atoms with E-state index in [2.05, 4.69) is 15.8 Å². The summed E-state index contributed by atoms with van der Waals surface area (Å²) in [4.78, 5) is 12.0. The van der Waals surface area contributed by atoms with E-state index in [1.54, 1.807) is 0 Å². The van der Waals surface area contributed by atoms with Crippen LogP contribution in [0.2, 0.25) is 0 Å². The molecule has 2 N–H and O–H groups in total. The van der Waals surface area contributed by atoms with Gasteiger partial charge in [0.15, 0.2) is 0 Å². The molecule has 2 atom stereocenters. The van der Waals surface area contributed by atoms with Crippen molar-refractivity contribution in [3.63, 3.8) is 0 Å². The fraction of sp³-hybridized carbons (Fsp3) is 0.692. The molecule has 1 amide bonds. The highest BCUT2D eigenvalue weighted by atomic mass is 16.5. The molecular formula is C13H21N3O3. The summed E-state index contributed by atoms with van der Waals surface area (Å²) in [6, 6.07) is -0.102. The van der Waals surface area contributed by atoms with Crippen LogP contribution < -0.4 is 10.6 Å². The van der Waals surface area contributed by atoms with E-state index in [1.807, 2.05) is 20.8 Å². The number of hydrogen-bond donors (Lipinski definition) is 2. The van der Waals surface area contributed by atoms with Gasteiger partial charge in [-0.05, 0) is 20.8 Å². The lowest BCUT2D eigenvalue weighted by atomic mass is 10.1. The molecule has 0 saturated carbocycles. The van der Waals surface area contributed by atoms with Gasteiger partial charge in [-0.25, -0.2) is 0 Å². The molecule has 1 aliphatic heterocycles. The Labute approximate surface area is 112 Å². The largest absolute Gasteiger partial charge is 0.375 e. The Balaban J connectivity index is 1.88. The molecule has 2 unspecified atom stereocenters. The van der Waals surface area contributed by atoms with Crippen molar-refractivity contribution in [3.8, 4) is 0 Å². The fourth-order valence-corrected chi connectivity index (χ4v) is 2.44. The SMILES string of the molecule is Cc1noc(C)c1C(C)NC(=O)CC1CNCCO1. The summed E-state index contributed by atoms with van der Waals surface area (Å²) in [7, 11) is 0. The number of aryl methyl sites for hydroxylation is 2. The summed E-state index contributed by atoms with van der Waals surface area (Å²) in [5.74, 6) is 0.738. The van der Waals surface area contributed by atoms with Crippen molar-refractivity contribution >= 4 is 5.91 Å². The number of carbonyl (C=O) groups is 1. The normalized spacial score (nSPS) is 21.1. The molecule has 1 saturated heterocycles. The predicted molar refractivity (Wildman–Crippen MR) is 69.8 cm³/mol. The zero-order valence-corrected chi connectivity index (χ0v) is 11.7. The van der Waals surface area contributed by atoms with Crippen LogP contribution in [0.3, 0.4) is 0 Å². The maximum atomic E-state index is 12.0. The second-order valence-corrected chi connectivity index (χ2v) is 4.93. The average Bonchev–Trinajstić information content (AvgIpc) is 2.70. The number of nitrogens with one attached hydrogen (secondary N) is 2. The third-order valence-corrected chi connectivity index (χ3v) is 3.32. The van der Waals surface area contributed by atoms with Crippen LogP contribution in [0.5, 0.6) is 0 Å². The smallest absolute Gasteiger partial charge is 0.223 e. The molecule has 2 heterocycles. The zero-order valence-electron chi connectivity index (χ0n) is 11.7. The van der Waals surface area contributed by atoms with Crippen molar-refractivity contribution in [2.45, 2.75) is 39.3 Å². The summed E-state index contributed by atoms with van der Waals surface area (Å²) in [5.41, 5.74) is 1.77. The van der Waals surface area contributed by atoms with Gasteiger partial charge in [0.2, 0.25) is 5.91 Å². The van der Waals surface area contributed by atoms with E-state index in [9.17, 15) is 4.79 Å². The first-order valence-corrected chi connectivity index (χ1v) is 6.62. The maximum Gasteiger partial charge on any atom is 0.223 e. The van der Waals surface area contributed by atoms with Crippen LogP contribution >= 0.6 is 0 Å². The van der Waals surface area contributed by atoms with Gasteiger partial charge in [0.1, 0.15) is 5.76 Å². The minimum absolute atomic E-state index is 0.0128. The lowest BCUT2D eigenvalue weighted by molar-refractivity contribution is -0.125. The summed E-state index contributed by atoms with van der Waals surface area (Å²) in [6.07, 6.45) is 0.339. The van der Waals surface area contributed by atoms with E-state index in [4.69, 9.17) is 9.26 Å². The topological polar surface area (TPSA) is 76.4 Å². The number of ether oxygens (including phenoxy) is 1. The number of nitrogens with zero attached hydrogens (tertiary/aromatic N) is 1. The molecule has 0 aromatic carbocycles. The Kier molecular flexibility index (Phi) is 4.55. The Morgan fingerprint density at radius 1 is 1.58 bits per heavy atom. The van der Waals surface area contributed by atoms with Crippen LogP contribution in [0.1, 0.15) is 36.4 Å². The Morgan fingerprint density at radius 3 is 2.95 bits per heavy atom. The predicted octanol–water partition coefficient (Wildman–Crippen LogP) is 0.847. The van der Waals surface area contributed by atoms with E-state index in [0.717, 1.165) is 30.1 Å². The summed E-state index contributed by atoms with van der Waals surface area (Å²) < 4.78 is 10.6. The van der Waals surface area contributed by atoms with Crippen molar-refractivity contribution in [3.05, 3.63) is 17.0 Å². The van der Waals surface area contributed by atoms with Gasteiger partial charge in [-0.15, -0.1) is 0 Å². The van der Waals surface area contributed by atoms with Crippen LogP contribution in [0, 0.1) is 13.8 Å². The monoisotopic (exact) mass is 267 g/mol. The highest BCUT2D eigenvalue weighted by molar-refractivity contribution is 5.77. The number of hydrogen-bond acceptors (Lipinski definition) is 5. The summed E-state index contributed by atoms with van der Waals surface area (Å²) in [6.45, 7) is 7.91. The molecule has 0 bridgehead atoms. The number of carbonyl (C=O) groups excluding carboxylic acids is 1. The molecule has 2 rings (SSSR count). The molecular weight excluding hydrogens is 246 g/mol.